The van der Waals surface area contributed by atoms with E-state index in [1.165, 1.54) is 0 Å². The van der Waals surface area contributed by atoms with Gasteiger partial charge in [0.25, 0.3) is 0 Å². The number of hydrogen-bond donors (Lipinski definition) is 2. The summed E-state index contributed by atoms with van der Waals surface area (Å²) in [7, 11) is 0. The Morgan fingerprint density at radius 3 is 2.80 bits per heavy atom. The molecule has 1 aliphatic carbocycles. The van der Waals surface area contributed by atoms with Gasteiger partial charge in [0.1, 0.15) is 0 Å². The number of nitrogens with zero attached hydrogens (tertiary/aromatic N) is 1. The molecule has 1 aromatic rings. The molecule has 1 aromatic heterocycles. The predicted octanol–water partition coefficient (Wildman–Crippen LogP) is 2.81. The molecule has 3 N–H and O–H groups in total. The lowest BCUT2D eigenvalue weighted by atomic mass is 9.87. The maximum atomic E-state index is 11.0. The van der Waals surface area contributed by atoms with E-state index >= 15 is 0 Å². The Labute approximate surface area is 119 Å². The zero-order valence-electron chi connectivity index (χ0n) is 12.0. The minimum atomic E-state index is -0.737. The van der Waals surface area contributed by atoms with Crippen LogP contribution in [0.5, 0.6) is 5.75 Å². The van der Waals surface area contributed by atoms with Crippen molar-refractivity contribution >= 4 is 11.8 Å². The third-order valence-corrected chi connectivity index (χ3v) is 3.77. The van der Waals surface area contributed by atoms with Crippen LogP contribution in [0, 0.1) is 5.92 Å². The van der Waals surface area contributed by atoms with Gasteiger partial charge in [0.05, 0.1) is 12.0 Å². The number of ether oxygens (including phenoxy) is 1. The first-order valence-corrected chi connectivity index (χ1v) is 7.13. The van der Waals surface area contributed by atoms with Crippen molar-refractivity contribution in [2.24, 2.45) is 5.92 Å². The smallest absolute Gasteiger partial charge is 0.306 e. The molecule has 5 heteroatoms. The molecule has 1 fully saturated rings. The average molecular weight is 278 g/mol. The van der Waals surface area contributed by atoms with Crippen LogP contribution >= 0.6 is 0 Å². The molecule has 0 amide bonds. The van der Waals surface area contributed by atoms with Crippen molar-refractivity contribution in [3.05, 3.63) is 17.8 Å². The molecule has 1 heterocycles. The molecule has 2 rings (SSSR count). The standard InChI is InChI=1S/C15H22N2O3/c1-9(2)12-6-7-13(14(16)17-12)20-11-5-3-4-10(8-11)15(18)19/h6-7,9-11H,3-5,8H2,1-2H3,(H2,16,17)(H,18,19)/t10-,11-/m0/s1. The Kier molecular flexibility index (Phi) is 4.47. The molecule has 0 aromatic carbocycles. The van der Waals surface area contributed by atoms with Crippen molar-refractivity contribution in [2.45, 2.75) is 51.6 Å². The molecule has 20 heavy (non-hydrogen) atoms. The molecule has 0 unspecified atom stereocenters. The normalized spacial score (nSPS) is 22.8. The summed E-state index contributed by atoms with van der Waals surface area (Å²) in [6.07, 6.45) is 2.93. The highest BCUT2D eigenvalue weighted by Crippen LogP contribution is 2.30. The summed E-state index contributed by atoms with van der Waals surface area (Å²) in [6, 6.07) is 3.75. The Morgan fingerprint density at radius 1 is 1.45 bits per heavy atom. The van der Waals surface area contributed by atoms with Gasteiger partial charge in [-0.3, -0.25) is 4.79 Å². The fourth-order valence-corrected chi connectivity index (χ4v) is 2.55. The number of pyridine rings is 1. The quantitative estimate of drug-likeness (QED) is 0.884. The van der Waals surface area contributed by atoms with Crippen LogP contribution in [-0.4, -0.2) is 22.2 Å². The first-order valence-electron chi connectivity index (χ1n) is 7.13. The fourth-order valence-electron chi connectivity index (χ4n) is 2.55. The first kappa shape index (κ1) is 14.6. The van der Waals surface area contributed by atoms with Gasteiger partial charge in [-0.25, -0.2) is 4.98 Å². The minimum absolute atomic E-state index is 0.0844. The van der Waals surface area contributed by atoms with E-state index in [2.05, 4.69) is 18.8 Å². The monoisotopic (exact) mass is 278 g/mol. The molecule has 1 saturated carbocycles. The van der Waals surface area contributed by atoms with E-state index in [4.69, 9.17) is 15.6 Å². The Balaban J connectivity index is 2.04. The maximum absolute atomic E-state index is 11.0. The number of carboxylic acid groups (broad SMARTS) is 1. The van der Waals surface area contributed by atoms with E-state index in [1.807, 2.05) is 12.1 Å². The maximum Gasteiger partial charge on any atom is 0.306 e. The van der Waals surface area contributed by atoms with E-state index in [0.29, 0.717) is 23.9 Å². The number of nitrogens with two attached hydrogens (primary N) is 1. The van der Waals surface area contributed by atoms with Gasteiger partial charge < -0.3 is 15.6 Å². The van der Waals surface area contributed by atoms with Gasteiger partial charge in [-0.1, -0.05) is 13.8 Å². The third-order valence-electron chi connectivity index (χ3n) is 3.77. The van der Waals surface area contributed by atoms with Crippen LogP contribution in [0.1, 0.15) is 51.1 Å². The summed E-state index contributed by atoms with van der Waals surface area (Å²) in [4.78, 5) is 15.4. The van der Waals surface area contributed by atoms with E-state index in [9.17, 15) is 4.79 Å². The van der Waals surface area contributed by atoms with Crippen molar-refractivity contribution < 1.29 is 14.6 Å². The highest BCUT2D eigenvalue weighted by atomic mass is 16.5. The SMILES string of the molecule is CC(C)c1ccc(O[C@H]2CCC[C@H](C(=O)O)C2)c(N)n1. The van der Waals surface area contributed by atoms with Crippen molar-refractivity contribution in [1.82, 2.24) is 4.98 Å². The van der Waals surface area contributed by atoms with Crippen LogP contribution in [0.4, 0.5) is 5.82 Å². The van der Waals surface area contributed by atoms with Crippen LogP contribution in [0.3, 0.4) is 0 Å². The predicted molar refractivity (Wildman–Crippen MR) is 76.7 cm³/mol. The summed E-state index contributed by atoms with van der Waals surface area (Å²) in [5.74, 6) is 0.217. The lowest BCUT2D eigenvalue weighted by molar-refractivity contribution is -0.143. The minimum Gasteiger partial charge on any atom is -0.487 e. The first-order chi connectivity index (χ1) is 9.47. The molecule has 0 saturated heterocycles. The second kappa shape index (κ2) is 6.11. The van der Waals surface area contributed by atoms with Gasteiger partial charge in [0.2, 0.25) is 0 Å². The van der Waals surface area contributed by atoms with Crippen molar-refractivity contribution in [3.8, 4) is 5.75 Å². The van der Waals surface area contributed by atoms with Crippen LogP contribution < -0.4 is 10.5 Å². The number of rotatable bonds is 4. The largest absolute Gasteiger partial charge is 0.487 e. The molecule has 0 radical (unpaired) electrons. The number of hydrogen-bond acceptors (Lipinski definition) is 4. The topological polar surface area (TPSA) is 85.4 Å². The van der Waals surface area contributed by atoms with Crippen LogP contribution in [0.25, 0.3) is 0 Å². The van der Waals surface area contributed by atoms with E-state index in [-0.39, 0.29) is 12.0 Å². The van der Waals surface area contributed by atoms with Crippen molar-refractivity contribution in [3.63, 3.8) is 0 Å². The lowest BCUT2D eigenvalue weighted by Crippen LogP contribution is -2.29. The Bertz CT molecular complexity index is 488. The summed E-state index contributed by atoms with van der Waals surface area (Å²) in [5.41, 5.74) is 6.85. The van der Waals surface area contributed by atoms with Gasteiger partial charge in [-0.15, -0.1) is 0 Å². The molecule has 0 aliphatic heterocycles. The zero-order valence-corrected chi connectivity index (χ0v) is 12.0. The second-order valence-corrected chi connectivity index (χ2v) is 5.72. The van der Waals surface area contributed by atoms with Crippen molar-refractivity contribution in [2.75, 3.05) is 5.73 Å². The highest BCUT2D eigenvalue weighted by molar-refractivity contribution is 5.70. The zero-order chi connectivity index (χ0) is 14.7. The van der Waals surface area contributed by atoms with E-state index < -0.39 is 5.97 Å². The molecule has 2 atom stereocenters. The lowest BCUT2D eigenvalue weighted by Gasteiger charge is -2.27. The summed E-state index contributed by atoms with van der Waals surface area (Å²) >= 11 is 0. The number of aromatic nitrogens is 1. The van der Waals surface area contributed by atoms with Gasteiger partial charge in [-0.2, -0.15) is 0 Å². The summed E-state index contributed by atoms with van der Waals surface area (Å²) in [6.45, 7) is 4.11. The molecule has 110 valence electrons. The van der Waals surface area contributed by atoms with Crippen molar-refractivity contribution in [1.29, 1.82) is 0 Å². The molecule has 1 aliphatic rings. The van der Waals surface area contributed by atoms with Crippen LogP contribution in [-0.2, 0) is 4.79 Å². The summed E-state index contributed by atoms with van der Waals surface area (Å²) in [5, 5.41) is 9.08. The van der Waals surface area contributed by atoms with Crippen LogP contribution in [0.15, 0.2) is 12.1 Å². The third kappa shape index (κ3) is 3.40. The van der Waals surface area contributed by atoms with E-state index in [0.717, 1.165) is 25.0 Å². The highest BCUT2D eigenvalue weighted by Gasteiger charge is 2.28. The number of carboxylic acids is 1. The van der Waals surface area contributed by atoms with E-state index in [1.54, 1.807) is 0 Å². The average Bonchev–Trinajstić information content (AvgIpc) is 2.41. The molecule has 0 bridgehead atoms. The second-order valence-electron chi connectivity index (χ2n) is 5.72. The Morgan fingerprint density at radius 2 is 2.20 bits per heavy atom. The van der Waals surface area contributed by atoms with Gasteiger partial charge in [0, 0.05) is 5.69 Å². The van der Waals surface area contributed by atoms with Gasteiger partial charge >= 0.3 is 5.97 Å². The van der Waals surface area contributed by atoms with Crippen LogP contribution in [0.2, 0.25) is 0 Å². The number of carbonyl (C=O) groups is 1. The van der Waals surface area contributed by atoms with Gasteiger partial charge in [-0.05, 0) is 43.7 Å². The number of aliphatic carboxylic acids is 1. The number of nitrogen functional groups attached to an aromatic ring is 1. The summed E-state index contributed by atoms with van der Waals surface area (Å²) < 4.78 is 5.85. The number of anilines is 1. The molecular formula is C15H22N2O3. The molecular weight excluding hydrogens is 256 g/mol. The Hall–Kier alpha value is -1.78. The molecule has 5 nitrogen and oxygen atoms in total. The molecule has 0 spiro atoms. The van der Waals surface area contributed by atoms with Gasteiger partial charge in [0.15, 0.2) is 11.6 Å². The fraction of sp³-hybridized carbons (Fsp3) is 0.600.